The molecule has 1 aliphatic rings. The predicted molar refractivity (Wildman–Crippen MR) is 129 cm³/mol. The van der Waals surface area contributed by atoms with Crippen molar-refractivity contribution < 1.29 is 14.3 Å². The summed E-state index contributed by atoms with van der Waals surface area (Å²) in [6.07, 6.45) is 2.20. The van der Waals surface area contributed by atoms with Crippen LogP contribution in [0, 0.1) is 6.92 Å². The fraction of sp³-hybridized carbons (Fsp3) is 0.320. The molecule has 1 atom stereocenters. The number of hydrogen-bond acceptors (Lipinski definition) is 6. The third kappa shape index (κ3) is 4.41. The molecule has 33 heavy (non-hydrogen) atoms. The first kappa shape index (κ1) is 21.7. The molecule has 1 saturated heterocycles. The van der Waals surface area contributed by atoms with E-state index >= 15 is 0 Å². The van der Waals surface area contributed by atoms with E-state index in [0.29, 0.717) is 6.54 Å². The van der Waals surface area contributed by atoms with Crippen LogP contribution in [0.2, 0.25) is 0 Å². The van der Waals surface area contributed by atoms with Gasteiger partial charge in [-0.1, -0.05) is 30.0 Å². The number of ketones is 1. The lowest BCUT2D eigenvalue weighted by molar-refractivity contribution is 0.0953. The van der Waals surface area contributed by atoms with Gasteiger partial charge in [0.1, 0.15) is 5.75 Å². The van der Waals surface area contributed by atoms with Crippen LogP contribution in [0.15, 0.2) is 53.7 Å². The van der Waals surface area contributed by atoms with Crippen molar-refractivity contribution in [3.63, 3.8) is 0 Å². The average Bonchev–Trinajstić information content (AvgIpc) is 3.56. The smallest absolute Gasteiger partial charge is 0.192 e. The van der Waals surface area contributed by atoms with Gasteiger partial charge in [0.25, 0.3) is 0 Å². The number of thioether (sulfide) groups is 1. The first-order valence-corrected chi connectivity index (χ1v) is 12.0. The number of carbonyl (C=O) groups is 1. The van der Waals surface area contributed by atoms with E-state index in [1.165, 1.54) is 11.8 Å². The van der Waals surface area contributed by atoms with Crippen molar-refractivity contribution in [2.75, 3.05) is 19.5 Å². The number of nitrogens with one attached hydrogen (secondary N) is 1. The standard InChI is InChI=1S/C25H26N4O3S/c1-16-23(20-7-3-4-8-21(20)26-16)22(30)15-33-25-28-27-24(17-9-11-18(31-2)12-10-17)29(25)14-19-6-5-13-32-19/h3-4,7-12,19,26H,5-6,13-15H2,1-2H3/t19-/m1/s1. The van der Waals surface area contributed by atoms with E-state index in [1.54, 1.807) is 7.11 Å². The van der Waals surface area contributed by atoms with Crippen LogP contribution in [-0.2, 0) is 11.3 Å². The summed E-state index contributed by atoms with van der Waals surface area (Å²) in [5.41, 5.74) is 3.57. The van der Waals surface area contributed by atoms with Gasteiger partial charge in [-0.15, -0.1) is 10.2 Å². The molecule has 0 radical (unpaired) electrons. The summed E-state index contributed by atoms with van der Waals surface area (Å²) in [5, 5.41) is 10.6. The predicted octanol–water partition coefficient (Wildman–Crippen LogP) is 4.90. The number of hydrogen-bond donors (Lipinski definition) is 1. The minimum Gasteiger partial charge on any atom is -0.497 e. The van der Waals surface area contributed by atoms with Crippen molar-refractivity contribution in [1.82, 2.24) is 19.7 Å². The molecule has 7 nitrogen and oxygen atoms in total. The number of fused-ring (bicyclic) bond motifs is 1. The highest BCUT2D eigenvalue weighted by atomic mass is 32.2. The van der Waals surface area contributed by atoms with Gasteiger partial charge in [0.2, 0.25) is 0 Å². The van der Waals surface area contributed by atoms with Crippen LogP contribution in [-0.4, -0.2) is 51.1 Å². The summed E-state index contributed by atoms with van der Waals surface area (Å²) >= 11 is 1.42. The Bertz CT molecular complexity index is 1270. The van der Waals surface area contributed by atoms with Crippen LogP contribution in [0.1, 0.15) is 28.9 Å². The van der Waals surface area contributed by atoms with E-state index in [4.69, 9.17) is 9.47 Å². The minimum absolute atomic E-state index is 0.0765. The summed E-state index contributed by atoms with van der Waals surface area (Å²) in [4.78, 5) is 16.5. The SMILES string of the molecule is COc1ccc(-c2nnc(SCC(=O)c3c(C)[nH]c4ccccc34)n2C[C@H]2CCCO2)cc1. The fourth-order valence-electron chi connectivity index (χ4n) is 4.34. The second kappa shape index (κ2) is 9.41. The monoisotopic (exact) mass is 462 g/mol. The molecule has 1 fully saturated rings. The molecule has 0 unspecified atom stereocenters. The molecule has 0 spiro atoms. The van der Waals surface area contributed by atoms with Crippen LogP contribution in [0.25, 0.3) is 22.3 Å². The Morgan fingerprint density at radius 1 is 1.21 bits per heavy atom. The topological polar surface area (TPSA) is 82.0 Å². The largest absolute Gasteiger partial charge is 0.497 e. The van der Waals surface area contributed by atoms with Crippen molar-refractivity contribution in [1.29, 1.82) is 0 Å². The van der Waals surface area contributed by atoms with Crippen LogP contribution in [0.3, 0.4) is 0 Å². The number of rotatable bonds is 8. The van der Waals surface area contributed by atoms with E-state index in [0.717, 1.165) is 63.9 Å². The molecule has 1 N–H and O–H groups in total. The number of Topliss-reactive ketones (excluding diaryl/α,β-unsaturated/α-hetero) is 1. The summed E-state index contributed by atoms with van der Waals surface area (Å²) in [5.74, 6) is 1.92. The normalized spacial score (nSPS) is 15.9. The Labute approximate surface area is 196 Å². The molecule has 0 amide bonds. The molecule has 2 aromatic carbocycles. The molecule has 170 valence electrons. The Morgan fingerprint density at radius 3 is 2.79 bits per heavy atom. The van der Waals surface area contributed by atoms with Crippen LogP contribution in [0.4, 0.5) is 0 Å². The van der Waals surface area contributed by atoms with Gasteiger partial charge in [-0.25, -0.2) is 0 Å². The van der Waals surface area contributed by atoms with Gasteiger partial charge in [0.15, 0.2) is 16.8 Å². The van der Waals surface area contributed by atoms with E-state index in [-0.39, 0.29) is 17.6 Å². The average molecular weight is 463 g/mol. The van der Waals surface area contributed by atoms with Crippen LogP contribution < -0.4 is 4.74 Å². The summed E-state index contributed by atoms with van der Waals surface area (Å²) < 4.78 is 13.2. The number of methoxy groups -OCH3 is 1. The number of nitrogens with zero attached hydrogens (tertiary/aromatic N) is 3. The van der Waals surface area contributed by atoms with Gasteiger partial charge >= 0.3 is 0 Å². The summed E-state index contributed by atoms with van der Waals surface area (Å²) in [7, 11) is 1.65. The molecule has 4 aromatic rings. The summed E-state index contributed by atoms with van der Waals surface area (Å²) in [6, 6.07) is 15.7. The van der Waals surface area contributed by atoms with Crippen LogP contribution in [0.5, 0.6) is 5.75 Å². The van der Waals surface area contributed by atoms with Gasteiger partial charge < -0.3 is 14.5 Å². The van der Waals surface area contributed by atoms with Gasteiger partial charge in [0.05, 0.1) is 25.5 Å². The highest BCUT2D eigenvalue weighted by molar-refractivity contribution is 7.99. The molecule has 5 rings (SSSR count). The van der Waals surface area contributed by atoms with Gasteiger partial charge in [-0.3, -0.25) is 9.36 Å². The van der Waals surface area contributed by atoms with Crippen molar-refractivity contribution in [2.24, 2.45) is 0 Å². The highest BCUT2D eigenvalue weighted by Crippen LogP contribution is 2.29. The Morgan fingerprint density at radius 2 is 2.03 bits per heavy atom. The van der Waals surface area contributed by atoms with Crippen LogP contribution >= 0.6 is 11.8 Å². The molecule has 1 aliphatic heterocycles. The van der Waals surface area contributed by atoms with E-state index in [1.807, 2.05) is 55.5 Å². The molecular weight excluding hydrogens is 436 g/mol. The maximum Gasteiger partial charge on any atom is 0.192 e. The molecule has 2 aromatic heterocycles. The second-order valence-electron chi connectivity index (χ2n) is 8.16. The zero-order chi connectivity index (χ0) is 22.8. The zero-order valence-electron chi connectivity index (χ0n) is 18.7. The lowest BCUT2D eigenvalue weighted by Crippen LogP contribution is -2.17. The number of ether oxygens (including phenoxy) is 2. The second-order valence-corrected chi connectivity index (χ2v) is 9.11. The minimum atomic E-state index is 0.0765. The van der Waals surface area contributed by atoms with E-state index in [9.17, 15) is 4.79 Å². The van der Waals surface area contributed by atoms with E-state index < -0.39 is 0 Å². The lowest BCUT2D eigenvalue weighted by Gasteiger charge is -2.15. The molecule has 0 saturated carbocycles. The van der Waals surface area contributed by atoms with Crippen molar-refractivity contribution in [3.8, 4) is 17.1 Å². The highest BCUT2D eigenvalue weighted by Gasteiger charge is 2.23. The number of benzene rings is 2. The Balaban J connectivity index is 1.41. The molecule has 0 aliphatic carbocycles. The molecule has 8 heteroatoms. The molecule has 0 bridgehead atoms. The Hall–Kier alpha value is -3.10. The molecule has 3 heterocycles. The number of aromatic amines is 1. The quantitative estimate of drug-likeness (QED) is 0.296. The fourth-order valence-corrected chi connectivity index (χ4v) is 5.16. The van der Waals surface area contributed by atoms with Crippen molar-refractivity contribution >= 4 is 28.4 Å². The van der Waals surface area contributed by atoms with E-state index in [2.05, 4.69) is 19.7 Å². The maximum atomic E-state index is 13.2. The van der Waals surface area contributed by atoms with Crippen molar-refractivity contribution in [3.05, 3.63) is 59.8 Å². The molecular formula is C25H26N4O3S. The number of para-hydroxylation sites is 1. The lowest BCUT2D eigenvalue weighted by atomic mass is 10.1. The third-order valence-electron chi connectivity index (χ3n) is 5.98. The maximum absolute atomic E-state index is 13.2. The van der Waals surface area contributed by atoms with Gasteiger partial charge in [-0.05, 0) is 50.1 Å². The number of aryl methyl sites for hydroxylation is 1. The third-order valence-corrected chi connectivity index (χ3v) is 6.95. The first-order chi connectivity index (χ1) is 16.1. The number of carbonyl (C=O) groups excluding carboxylic acids is 1. The Kier molecular flexibility index (Phi) is 6.20. The number of aromatic nitrogens is 4. The first-order valence-electron chi connectivity index (χ1n) is 11.1. The van der Waals surface area contributed by atoms with Crippen molar-refractivity contribution in [2.45, 2.75) is 37.6 Å². The zero-order valence-corrected chi connectivity index (χ0v) is 19.5. The number of H-pyrrole nitrogens is 1. The summed E-state index contributed by atoms with van der Waals surface area (Å²) in [6.45, 7) is 3.39. The van der Waals surface area contributed by atoms with Gasteiger partial charge in [0, 0.05) is 34.3 Å². The van der Waals surface area contributed by atoms with Gasteiger partial charge in [-0.2, -0.15) is 0 Å².